The summed E-state index contributed by atoms with van der Waals surface area (Å²) in [6, 6.07) is 0. The second-order valence-corrected chi connectivity index (χ2v) is 3.21. The fourth-order valence-corrected chi connectivity index (χ4v) is 1.00. The Morgan fingerprint density at radius 1 is 1.62 bits per heavy atom. The largest absolute Gasteiger partial charge is 0.396 e. The van der Waals surface area contributed by atoms with Crippen molar-refractivity contribution in [2.45, 2.75) is 32.6 Å². The first kappa shape index (κ1) is 12.4. The van der Waals surface area contributed by atoms with E-state index in [2.05, 4.69) is 11.9 Å². The summed E-state index contributed by atoms with van der Waals surface area (Å²) in [6.45, 7) is 8.36. The number of rotatable bonds is 7. The lowest BCUT2D eigenvalue weighted by Crippen LogP contribution is -2.11. The summed E-state index contributed by atoms with van der Waals surface area (Å²) in [4.78, 5) is 4.18. The van der Waals surface area contributed by atoms with Crippen LogP contribution in [-0.4, -0.2) is 24.1 Å². The molecule has 0 heterocycles. The molecular weight excluding hydrogens is 164 g/mol. The predicted octanol–water partition coefficient (Wildman–Crippen LogP) is 1.24. The van der Waals surface area contributed by atoms with Crippen molar-refractivity contribution in [2.24, 2.45) is 16.6 Å². The van der Waals surface area contributed by atoms with Gasteiger partial charge in [-0.05, 0) is 32.1 Å². The molecule has 0 bridgehead atoms. The molecule has 76 valence electrons. The normalized spacial score (nSPS) is 14.5. The molecule has 0 spiro atoms. The van der Waals surface area contributed by atoms with E-state index in [1.165, 1.54) is 0 Å². The summed E-state index contributed by atoms with van der Waals surface area (Å²) in [5, 5.41) is 8.64. The predicted molar refractivity (Wildman–Crippen MR) is 55.5 cm³/mol. The van der Waals surface area contributed by atoms with Gasteiger partial charge in [-0.15, -0.1) is 0 Å². The molecule has 0 saturated heterocycles. The van der Waals surface area contributed by atoms with Gasteiger partial charge in [0.05, 0.1) is 5.84 Å². The van der Waals surface area contributed by atoms with E-state index in [9.17, 15) is 0 Å². The first-order valence-corrected chi connectivity index (χ1v) is 4.86. The van der Waals surface area contributed by atoms with E-state index < -0.39 is 0 Å². The highest BCUT2D eigenvalue weighted by atomic mass is 16.3. The van der Waals surface area contributed by atoms with Crippen molar-refractivity contribution in [1.29, 1.82) is 0 Å². The van der Waals surface area contributed by atoms with Crippen LogP contribution < -0.4 is 5.73 Å². The van der Waals surface area contributed by atoms with Gasteiger partial charge >= 0.3 is 0 Å². The first-order valence-electron chi connectivity index (χ1n) is 4.86. The molecule has 0 aliphatic carbocycles. The molecule has 0 aromatic rings. The standard InChI is InChI=1S/C10H20N2O/c1-3-5-10(11)12-7-4-6-9(2)8-13/h2,9,13H,3-8H2,1H3,(H2,11,12). The minimum Gasteiger partial charge on any atom is -0.396 e. The van der Waals surface area contributed by atoms with Crippen LogP contribution >= 0.6 is 0 Å². The molecule has 13 heavy (non-hydrogen) atoms. The van der Waals surface area contributed by atoms with Crippen molar-refractivity contribution < 1.29 is 5.11 Å². The zero-order valence-corrected chi connectivity index (χ0v) is 8.37. The Bertz CT molecular complexity index is 146. The smallest absolute Gasteiger partial charge is 0.0936 e. The number of nitrogens with two attached hydrogens (primary N) is 1. The minimum atomic E-state index is -0.109. The maximum Gasteiger partial charge on any atom is 0.0936 e. The lowest BCUT2D eigenvalue weighted by atomic mass is 10.1. The summed E-state index contributed by atoms with van der Waals surface area (Å²) < 4.78 is 0. The highest BCUT2D eigenvalue weighted by molar-refractivity contribution is 5.80. The Morgan fingerprint density at radius 2 is 2.31 bits per heavy atom. The van der Waals surface area contributed by atoms with E-state index in [1.54, 1.807) is 0 Å². The summed E-state index contributed by atoms with van der Waals surface area (Å²) in [7, 11) is 0. The maximum atomic E-state index is 8.64. The van der Waals surface area contributed by atoms with Crippen LogP contribution in [0.4, 0.5) is 0 Å². The third kappa shape index (κ3) is 7.78. The van der Waals surface area contributed by atoms with Crippen LogP contribution in [0.5, 0.6) is 0 Å². The summed E-state index contributed by atoms with van der Waals surface area (Å²) in [5.74, 6) is 0.614. The maximum absolute atomic E-state index is 8.64. The van der Waals surface area contributed by atoms with Gasteiger partial charge in [-0.25, -0.2) is 0 Å². The fourth-order valence-electron chi connectivity index (χ4n) is 1.00. The van der Waals surface area contributed by atoms with Crippen LogP contribution in [0.1, 0.15) is 32.6 Å². The van der Waals surface area contributed by atoms with Crippen LogP contribution in [0.2, 0.25) is 0 Å². The van der Waals surface area contributed by atoms with E-state index >= 15 is 0 Å². The topological polar surface area (TPSA) is 58.6 Å². The molecule has 0 fully saturated rings. The second kappa shape index (κ2) is 8.05. The van der Waals surface area contributed by atoms with Crippen LogP contribution in [0.3, 0.4) is 0 Å². The first-order chi connectivity index (χ1) is 6.20. The summed E-state index contributed by atoms with van der Waals surface area (Å²) in [6.07, 6.45) is 3.60. The highest BCUT2D eigenvalue weighted by Gasteiger charge is 1.98. The molecule has 3 nitrogen and oxygen atoms in total. The molecular formula is C10H20N2O. The second-order valence-electron chi connectivity index (χ2n) is 3.21. The molecule has 1 atom stereocenters. The van der Waals surface area contributed by atoms with Gasteiger partial charge in [0.2, 0.25) is 0 Å². The minimum absolute atomic E-state index is 0.0498. The van der Waals surface area contributed by atoms with Crippen molar-refractivity contribution in [3.63, 3.8) is 0 Å². The van der Waals surface area contributed by atoms with Crippen molar-refractivity contribution in [2.75, 3.05) is 13.2 Å². The van der Waals surface area contributed by atoms with Gasteiger partial charge in [-0.2, -0.15) is 0 Å². The Balaban J connectivity index is 3.38. The highest BCUT2D eigenvalue weighted by Crippen LogP contribution is 2.03. The monoisotopic (exact) mass is 184 g/mol. The Hall–Kier alpha value is -0.570. The molecule has 0 amide bonds. The molecule has 3 heteroatoms. The third-order valence-corrected chi connectivity index (χ3v) is 1.79. The molecule has 0 aliphatic heterocycles. The van der Waals surface area contributed by atoms with E-state index in [4.69, 9.17) is 17.8 Å². The average Bonchev–Trinajstić information content (AvgIpc) is 2.12. The SMILES string of the molecule is [CH]C(CO)CCCN=C(N)CCC. The van der Waals surface area contributed by atoms with E-state index in [-0.39, 0.29) is 12.5 Å². The molecule has 3 N–H and O–H groups in total. The van der Waals surface area contributed by atoms with Crippen LogP contribution in [0.15, 0.2) is 4.99 Å². The lowest BCUT2D eigenvalue weighted by Gasteiger charge is -2.04. The molecule has 0 aromatic carbocycles. The zero-order chi connectivity index (χ0) is 10.1. The Labute approximate surface area is 81.1 Å². The van der Waals surface area contributed by atoms with Crippen molar-refractivity contribution in [3.05, 3.63) is 6.92 Å². The molecule has 1 unspecified atom stereocenters. The number of aliphatic hydroxyl groups is 1. The molecule has 0 aromatic heterocycles. The van der Waals surface area contributed by atoms with Crippen molar-refractivity contribution in [1.82, 2.24) is 0 Å². The van der Waals surface area contributed by atoms with Gasteiger partial charge < -0.3 is 10.8 Å². The van der Waals surface area contributed by atoms with E-state index in [1.807, 2.05) is 0 Å². The number of aliphatic imine (C=N–C) groups is 1. The van der Waals surface area contributed by atoms with Gasteiger partial charge in [0.15, 0.2) is 0 Å². The zero-order valence-electron chi connectivity index (χ0n) is 8.37. The van der Waals surface area contributed by atoms with Gasteiger partial charge in [-0.1, -0.05) is 6.92 Å². The number of amidine groups is 1. The van der Waals surface area contributed by atoms with E-state index in [0.717, 1.165) is 38.1 Å². The molecule has 0 aliphatic rings. The van der Waals surface area contributed by atoms with E-state index in [0.29, 0.717) is 0 Å². The van der Waals surface area contributed by atoms with Crippen LogP contribution in [-0.2, 0) is 0 Å². The van der Waals surface area contributed by atoms with Gasteiger partial charge in [0, 0.05) is 19.6 Å². The quantitative estimate of drug-likeness (QED) is 0.355. The fraction of sp³-hybridized carbons (Fsp3) is 0.800. The van der Waals surface area contributed by atoms with Gasteiger partial charge in [-0.3, -0.25) is 4.99 Å². The molecule has 0 saturated carbocycles. The number of hydrogen-bond acceptors (Lipinski definition) is 2. The van der Waals surface area contributed by atoms with Crippen molar-refractivity contribution in [3.8, 4) is 0 Å². The third-order valence-electron chi connectivity index (χ3n) is 1.79. The lowest BCUT2D eigenvalue weighted by molar-refractivity contribution is 0.243. The number of hydrogen-bond donors (Lipinski definition) is 2. The number of nitrogens with zero attached hydrogens (tertiary/aromatic N) is 1. The average molecular weight is 184 g/mol. The van der Waals surface area contributed by atoms with Crippen molar-refractivity contribution >= 4 is 5.84 Å². The Kier molecular flexibility index (Phi) is 7.69. The molecule has 0 rings (SSSR count). The van der Waals surface area contributed by atoms with Gasteiger partial charge in [0.1, 0.15) is 0 Å². The summed E-state index contributed by atoms with van der Waals surface area (Å²) in [5.41, 5.74) is 5.60. The number of aliphatic hydroxyl groups excluding tert-OH is 1. The van der Waals surface area contributed by atoms with Crippen LogP contribution in [0, 0.1) is 12.8 Å². The molecule has 2 radical (unpaired) electrons. The Morgan fingerprint density at radius 3 is 2.85 bits per heavy atom. The van der Waals surface area contributed by atoms with Gasteiger partial charge in [0.25, 0.3) is 0 Å². The summed E-state index contributed by atoms with van der Waals surface area (Å²) >= 11 is 0. The van der Waals surface area contributed by atoms with Crippen LogP contribution in [0.25, 0.3) is 0 Å².